The van der Waals surface area contributed by atoms with Gasteiger partial charge in [-0.15, -0.1) is 11.6 Å². The predicted molar refractivity (Wildman–Crippen MR) is 59.1 cm³/mol. The summed E-state index contributed by atoms with van der Waals surface area (Å²) in [5, 5.41) is 1.08. The summed E-state index contributed by atoms with van der Waals surface area (Å²) < 4.78 is 0. The van der Waals surface area contributed by atoms with Crippen LogP contribution < -0.4 is 0 Å². The van der Waals surface area contributed by atoms with E-state index in [2.05, 4.69) is 34.2 Å². The number of rotatable bonds is 4. The zero-order valence-corrected chi connectivity index (χ0v) is 9.44. The molecule has 2 heteroatoms. The van der Waals surface area contributed by atoms with Crippen molar-refractivity contribution in [1.29, 1.82) is 0 Å². The van der Waals surface area contributed by atoms with E-state index in [1.54, 1.807) is 0 Å². The van der Waals surface area contributed by atoms with Crippen molar-refractivity contribution in [3.8, 4) is 0 Å². The molecule has 0 aromatic heterocycles. The van der Waals surface area contributed by atoms with Gasteiger partial charge in [-0.05, 0) is 19.3 Å². The number of halogens is 2. The average Bonchev–Trinajstić information content (AvgIpc) is 2.06. The Kier molecular flexibility index (Phi) is 4.38. The van der Waals surface area contributed by atoms with Gasteiger partial charge in [0.2, 0.25) is 0 Å². The van der Waals surface area contributed by atoms with Gasteiger partial charge in [-0.25, -0.2) is 0 Å². The van der Waals surface area contributed by atoms with Crippen LogP contribution in [0, 0.1) is 0 Å². The van der Waals surface area contributed by atoms with Gasteiger partial charge in [0, 0.05) is 5.33 Å². The van der Waals surface area contributed by atoms with E-state index in [4.69, 9.17) is 11.6 Å². The van der Waals surface area contributed by atoms with Gasteiger partial charge in [-0.1, -0.05) is 46.7 Å². The predicted octanol–water partition coefficient (Wildman–Crippen LogP) is 4.05. The summed E-state index contributed by atoms with van der Waals surface area (Å²) in [5.41, 5.74) is 0. The van der Waals surface area contributed by atoms with Crippen LogP contribution in [0.15, 0.2) is 24.3 Å². The van der Waals surface area contributed by atoms with Crippen molar-refractivity contribution in [1.82, 2.24) is 0 Å². The molecule has 0 amide bonds. The van der Waals surface area contributed by atoms with Crippen molar-refractivity contribution in [3.63, 3.8) is 0 Å². The summed E-state index contributed by atoms with van der Waals surface area (Å²) in [6, 6.07) is 0. The number of unbranched alkanes of at least 4 members (excludes halogenated alkanes) is 1. The molecule has 0 aromatic carbocycles. The van der Waals surface area contributed by atoms with Gasteiger partial charge in [0.1, 0.15) is 0 Å². The van der Waals surface area contributed by atoms with Gasteiger partial charge < -0.3 is 0 Å². The zero-order valence-electron chi connectivity index (χ0n) is 7.10. The maximum Gasteiger partial charge on any atom is 0.0663 e. The molecule has 1 atom stereocenters. The molecular formula is C10H14BrCl. The molecule has 0 fully saturated rings. The highest BCUT2D eigenvalue weighted by Gasteiger charge is 2.22. The summed E-state index contributed by atoms with van der Waals surface area (Å²) in [6.45, 7) is 0. The molecular weight excluding hydrogens is 235 g/mol. The van der Waals surface area contributed by atoms with E-state index in [9.17, 15) is 0 Å². The maximum atomic E-state index is 6.36. The first kappa shape index (κ1) is 10.3. The Morgan fingerprint density at radius 2 is 2.17 bits per heavy atom. The molecule has 0 saturated heterocycles. The van der Waals surface area contributed by atoms with Crippen LogP contribution in [0.2, 0.25) is 0 Å². The molecule has 0 N–H and O–H groups in total. The van der Waals surface area contributed by atoms with E-state index in [0.717, 1.165) is 18.2 Å². The minimum absolute atomic E-state index is 0.0864. The van der Waals surface area contributed by atoms with Crippen LogP contribution in [0.1, 0.15) is 25.7 Å². The molecule has 0 radical (unpaired) electrons. The lowest BCUT2D eigenvalue weighted by molar-refractivity contribution is 0.593. The third-order valence-corrected chi connectivity index (χ3v) is 3.11. The summed E-state index contributed by atoms with van der Waals surface area (Å²) in [4.78, 5) is -0.0864. The van der Waals surface area contributed by atoms with Crippen molar-refractivity contribution < 1.29 is 0 Å². The lowest BCUT2D eigenvalue weighted by Gasteiger charge is -2.23. The van der Waals surface area contributed by atoms with Crippen LogP contribution in [0.5, 0.6) is 0 Å². The normalized spacial score (nSPS) is 27.8. The minimum Gasteiger partial charge on any atom is -0.114 e. The Labute approximate surface area is 87.8 Å². The van der Waals surface area contributed by atoms with Crippen molar-refractivity contribution in [2.45, 2.75) is 30.6 Å². The average molecular weight is 250 g/mol. The third kappa shape index (κ3) is 3.32. The number of hydrogen-bond donors (Lipinski definition) is 0. The smallest absolute Gasteiger partial charge is 0.0663 e. The molecule has 0 heterocycles. The quantitative estimate of drug-likeness (QED) is 0.521. The van der Waals surface area contributed by atoms with Crippen molar-refractivity contribution in [3.05, 3.63) is 24.3 Å². The van der Waals surface area contributed by atoms with E-state index in [1.807, 2.05) is 6.08 Å². The fourth-order valence-corrected chi connectivity index (χ4v) is 2.03. The molecule has 68 valence electrons. The van der Waals surface area contributed by atoms with Crippen LogP contribution in [0.25, 0.3) is 0 Å². The molecule has 0 saturated carbocycles. The monoisotopic (exact) mass is 248 g/mol. The van der Waals surface area contributed by atoms with Gasteiger partial charge in [-0.3, -0.25) is 0 Å². The fraction of sp³-hybridized carbons (Fsp3) is 0.600. The van der Waals surface area contributed by atoms with Crippen molar-refractivity contribution in [2.75, 3.05) is 5.33 Å². The van der Waals surface area contributed by atoms with Gasteiger partial charge in [-0.2, -0.15) is 0 Å². The molecule has 0 nitrogen and oxygen atoms in total. The lowest BCUT2D eigenvalue weighted by Crippen LogP contribution is -2.18. The molecule has 1 aliphatic rings. The first-order valence-electron chi connectivity index (χ1n) is 4.36. The van der Waals surface area contributed by atoms with E-state index in [-0.39, 0.29) is 4.87 Å². The van der Waals surface area contributed by atoms with Gasteiger partial charge in [0.05, 0.1) is 4.87 Å². The fourth-order valence-electron chi connectivity index (χ4n) is 1.34. The highest BCUT2D eigenvalue weighted by Crippen LogP contribution is 2.31. The second-order valence-corrected chi connectivity index (χ2v) is 4.72. The second-order valence-electron chi connectivity index (χ2n) is 3.17. The summed E-state index contributed by atoms with van der Waals surface area (Å²) in [7, 11) is 0. The largest absolute Gasteiger partial charge is 0.114 e. The maximum absolute atomic E-state index is 6.36. The molecule has 1 rings (SSSR count). The molecule has 0 bridgehead atoms. The van der Waals surface area contributed by atoms with E-state index >= 15 is 0 Å². The third-order valence-electron chi connectivity index (χ3n) is 2.08. The Morgan fingerprint density at radius 3 is 2.75 bits per heavy atom. The second kappa shape index (κ2) is 5.08. The Hall–Kier alpha value is 0.250. The first-order valence-corrected chi connectivity index (χ1v) is 5.86. The number of alkyl halides is 2. The van der Waals surface area contributed by atoms with Crippen LogP contribution in [-0.4, -0.2) is 10.2 Å². The molecule has 0 aromatic rings. The van der Waals surface area contributed by atoms with Crippen molar-refractivity contribution >= 4 is 27.5 Å². The highest BCUT2D eigenvalue weighted by atomic mass is 79.9. The number of allylic oxidation sites excluding steroid dienone is 4. The van der Waals surface area contributed by atoms with E-state index in [0.29, 0.717) is 0 Å². The standard InChI is InChI=1S/C10H14BrCl/c11-9-5-4-8-10(12)6-2-1-3-7-10/h1-3,6H,4-5,7-9H2. The molecule has 1 aliphatic carbocycles. The van der Waals surface area contributed by atoms with Gasteiger partial charge in [0.15, 0.2) is 0 Å². The van der Waals surface area contributed by atoms with Gasteiger partial charge >= 0.3 is 0 Å². The van der Waals surface area contributed by atoms with Gasteiger partial charge in [0.25, 0.3) is 0 Å². The molecule has 0 spiro atoms. The first-order chi connectivity index (χ1) is 5.77. The van der Waals surface area contributed by atoms with Crippen molar-refractivity contribution in [2.24, 2.45) is 0 Å². The SMILES string of the molecule is ClC1(CCCCBr)C=CC=CC1. The highest BCUT2D eigenvalue weighted by molar-refractivity contribution is 9.09. The van der Waals surface area contributed by atoms with Crippen LogP contribution in [-0.2, 0) is 0 Å². The van der Waals surface area contributed by atoms with E-state index < -0.39 is 0 Å². The van der Waals surface area contributed by atoms with Crippen LogP contribution in [0.4, 0.5) is 0 Å². The minimum atomic E-state index is -0.0864. The summed E-state index contributed by atoms with van der Waals surface area (Å²) in [6.07, 6.45) is 12.8. The topological polar surface area (TPSA) is 0 Å². The Morgan fingerprint density at radius 1 is 1.33 bits per heavy atom. The van der Waals surface area contributed by atoms with Crippen LogP contribution in [0.3, 0.4) is 0 Å². The van der Waals surface area contributed by atoms with Crippen LogP contribution >= 0.6 is 27.5 Å². The zero-order chi connectivity index (χ0) is 8.86. The van der Waals surface area contributed by atoms with E-state index in [1.165, 1.54) is 12.8 Å². The molecule has 1 unspecified atom stereocenters. The Bertz CT molecular complexity index is 186. The number of hydrogen-bond acceptors (Lipinski definition) is 0. The summed E-state index contributed by atoms with van der Waals surface area (Å²) in [5.74, 6) is 0. The summed E-state index contributed by atoms with van der Waals surface area (Å²) >= 11 is 9.77. The Balaban J connectivity index is 2.29. The molecule has 0 aliphatic heterocycles. The lowest BCUT2D eigenvalue weighted by atomic mass is 9.94. The molecule has 12 heavy (non-hydrogen) atoms.